The number of fused-ring (bicyclic) bond motifs is 3. The number of rotatable bonds is 4. The molecule has 4 rings (SSSR count). The fourth-order valence-corrected chi connectivity index (χ4v) is 3.70. The lowest BCUT2D eigenvalue weighted by Crippen LogP contribution is -2.05. The topological polar surface area (TPSA) is 66.0 Å². The molecule has 0 bridgehead atoms. The van der Waals surface area contributed by atoms with E-state index in [-0.39, 0.29) is 5.69 Å². The third-order valence-electron chi connectivity index (χ3n) is 4.71. The summed E-state index contributed by atoms with van der Waals surface area (Å²) in [6, 6.07) is 13.9. The van der Waals surface area contributed by atoms with Gasteiger partial charge < -0.3 is 10.1 Å². The van der Waals surface area contributed by atoms with Crippen LogP contribution in [0.15, 0.2) is 48.7 Å². The molecular weight excluding hydrogens is 348 g/mol. The smallest absolute Gasteiger partial charge is 0.354 e. The minimum absolute atomic E-state index is 0.127. The Morgan fingerprint density at radius 3 is 2.58 bits per heavy atom. The van der Waals surface area contributed by atoms with E-state index >= 15 is 0 Å². The summed E-state index contributed by atoms with van der Waals surface area (Å²) >= 11 is 5.99. The van der Waals surface area contributed by atoms with Gasteiger partial charge in [-0.2, -0.15) is 0 Å². The van der Waals surface area contributed by atoms with E-state index in [0.717, 1.165) is 44.9 Å². The lowest BCUT2D eigenvalue weighted by atomic mass is 9.96. The first-order chi connectivity index (χ1) is 12.6. The third kappa shape index (κ3) is 2.72. The Morgan fingerprint density at radius 1 is 1.12 bits per heavy atom. The molecule has 0 fully saturated rings. The number of H-pyrrole nitrogens is 1. The van der Waals surface area contributed by atoms with E-state index in [0.29, 0.717) is 11.4 Å². The number of benzene rings is 2. The van der Waals surface area contributed by atoms with Crippen LogP contribution < -0.4 is 0 Å². The number of carboxylic acid groups (broad SMARTS) is 1. The molecule has 0 aliphatic heterocycles. The van der Waals surface area contributed by atoms with Crippen molar-refractivity contribution in [2.45, 2.75) is 19.8 Å². The number of carbonyl (C=O) groups is 1. The zero-order valence-corrected chi connectivity index (χ0v) is 15.0. The number of hydrogen-bond donors (Lipinski definition) is 2. The summed E-state index contributed by atoms with van der Waals surface area (Å²) < 4.78 is 0. The number of aromatic nitrogens is 2. The molecule has 4 nitrogen and oxygen atoms in total. The zero-order valence-electron chi connectivity index (χ0n) is 14.2. The van der Waals surface area contributed by atoms with E-state index in [1.165, 1.54) is 0 Å². The minimum Gasteiger partial charge on any atom is -0.477 e. The second kappa shape index (κ2) is 6.46. The maximum Gasteiger partial charge on any atom is 0.354 e. The first kappa shape index (κ1) is 16.6. The van der Waals surface area contributed by atoms with Crippen LogP contribution in [0, 0.1) is 0 Å². The van der Waals surface area contributed by atoms with Gasteiger partial charge in [0.25, 0.3) is 0 Å². The number of aromatic amines is 1. The summed E-state index contributed by atoms with van der Waals surface area (Å²) in [5.41, 5.74) is 5.05. The Morgan fingerprint density at radius 2 is 1.88 bits per heavy atom. The second-order valence-electron chi connectivity index (χ2n) is 6.30. The molecule has 0 unspecified atom stereocenters. The van der Waals surface area contributed by atoms with E-state index in [4.69, 9.17) is 11.6 Å². The van der Waals surface area contributed by atoms with Crippen molar-refractivity contribution in [3.8, 4) is 0 Å². The molecule has 0 radical (unpaired) electrons. The highest BCUT2D eigenvalue weighted by atomic mass is 35.5. The number of halogens is 1. The molecule has 0 aliphatic carbocycles. The van der Waals surface area contributed by atoms with Crippen molar-refractivity contribution in [1.29, 1.82) is 0 Å². The first-order valence-corrected chi connectivity index (χ1v) is 8.85. The normalized spacial score (nSPS) is 11.3. The molecule has 0 spiro atoms. The quantitative estimate of drug-likeness (QED) is 0.521. The van der Waals surface area contributed by atoms with Gasteiger partial charge in [-0.1, -0.05) is 42.8 Å². The van der Waals surface area contributed by atoms with Crippen molar-refractivity contribution in [2.75, 3.05) is 0 Å². The SMILES string of the molecule is CCc1c(C(=O)O)ncc2[nH]c3cccc(Cc4ccc(Cl)cc4)c3c12. The number of aryl methyl sites for hydroxylation is 1. The van der Waals surface area contributed by atoms with Gasteiger partial charge in [0.2, 0.25) is 0 Å². The molecule has 130 valence electrons. The van der Waals surface area contributed by atoms with Crippen LogP contribution in [0.3, 0.4) is 0 Å². The molecule has 0 saturated carbocycles. The zero-order chi connectivity index (χ0) is 18.3. The van der Waals surface area contributed by atoms with Gasteiger partial charge in [-0.25, -0.2) is 9.78 Å². The summed E-state index contributed by atoms with van der Waals surface area (Å²) in [6.07, 6.45) is 2.97. The van der Waals surface area contributed by atoms with Crippen LogP contribution in [-0.4, -0.2) is 21.0 Å². The van der Waals surface area contributed by atoms with Gasteiger partial charge in [0.15, 0.2) is 5.69 Å². The number of nitrogens with one attached hydrogen (secondary N) is 1. The molecule has 2 heterocycles. The maximum atomic E-state index is 11.6. The predicted octanol–water partition coefficient (Wildman–Crippen LogP) is 5.22. The van der Waals surface area contributed by atoms with Crippen molar-refractivity contribution in [3.63, 3.8) is 0 Å². The van der Waals surface area contributed by atoms with E-state index < -0.39 is 5.97 Å². The Kier molecular flexibility index (Phi) is 4.13. The van der Waals surface area contributed by atoms with E-state index in [9.17, 15) is 9.90 Å². The average Bonchev–Trinajstić information content (AvgIpc) is 3.02. The van der Waals surface area contributed by atoms with Gasteiger partial charge in [0.05, 0.1) is 11.7 Å². The number of hydrogen-bond acceptors (Lipinski definition) is 2. The van der Waals surface area contributed by atoms with Gasteiger partial charge in [-0.15, -0.1) is 0 Å². The van der Waals surface area contributed by atoms with E-state index in [1.807, 2.05) is 43.3 Å². The largest absolute Gasteiger partial charge is 0.477 e. The molecule has 26 heavy (non-hydrogen) atoms. The van der Waals surface area contributed by atoms with E-state index in [1.54, 1.807) is 6.20 Å². The van der Waals surface area contributed by atoms with Gasteiger partial charge >= 0.3 is 5.97 Å². The first-order valence-electron chi connectivity index (χ1n) is 8.47. The molecule has 2 aromatic carbocycles. The highest BCUT2D eigenvalue weighted by Crippen LogP contribution is 2.33. The summed E-state index contributed by atoms with van der Waals surface area (Å²) in [6.45, 7) is 1.96. The summed E-state index contributed by atoms with van der Waals surface area (Å²) in [5.74, 6) is -0.992. The van der Waals surface area contributed by atoms with Gasteiger partial charge in [-0.05, 0) is 47.7 Å². The van der Waals surface area contributed by atoms with Crippen LogP contribution in [0.2, 0.25) is 5.02 Å². The van der Waals surface area contributed by atoms with Gasteiger partial charge in [-0.3, -0.25) is 0 Å². The van der Waals surface area contributed by atoms with Crippen LogP contribution in [-0.2, 0) is 12.8 Å². The molecule has 0 saturated heterocycles. The highest BCUT2D eigenvalue weighted by molar-refractivity contribution is 6.30. The fourth-order valence-electron chi connectivity index (χ4n) is 3.58. The third-order valence-corrected chi connectivity index (χ3v) is 4.97. The van der Waals surface area contributed by atoms with Crippen LogP contribution in [0.25, 0.3) is 21.8 Å². The Hall–Kier alpha value is -2.85. The van der Waals surface area contributed by atoms with Crippen LogP contribution in [0.5, 0.6) is 0 Å². The van der Waals surface area contributed by atoms with Gasteiger partial charge in [0.1, 0.15) is 0 Å². The van der Waals surface area contributed by atoms with Crippen molar-refractivity contribution < 1.29 is 9.90 Å². The predicted molar refractivity (Wildman–Crippen MR) is 104 cm³/mol. The summed E-state index contributed by atoms with van der Waals surface area (Å²) in [5, 5.41) is 12.3. The molecule has 2 aromatic heterocycles. The Bertz CT molecular complexity index is 1130. The number of pyridine rings is 1. The molecule has 0 atom stereocenters. The molecule has 0 amide bonds. The number of aromatic carboxylic acids is 1. The highest BCUT2D eigenvalue weighted by Gasteiger charge is 2.19. The molecule has 4 aromatic rings. The molecular formula is C21H17ClN2O2. The van der Waals surface area contributed by atoms with Crippen LogP contribution >= 0.6 is 11.6 Å². The van der Waals surface area contributed by atoms with Gasteiger partial charge in [0, 0.05) is 21.3 Å². The minimum atomic E-state index is -0.992. The van der Waals surface area contributed by atoms with E-state index in [2.05, 4.69) is 16.0 Å². The summed E-state index contributed by atoms with van der Waals surface area (Å²) in [4.78, 5) is 19.1. The van der Waals surface area contributed by atoms with Crippen molar-refractivity contribution in [3.05, 3.63) is 76.1 Å². The lowest BCUT2D eigenvalue weighted by Gasteiger charge is -2.08. The summed E-state index contributed by atoms with van der Waals surface area (Å²) in [7, 11) is 0. The van der Waals surface area contributed by atoms with Crippen LogP contribution in [0.4, 0.5) is 0 Å². The standard InChI is InChI=1S/C21H17ClN2O2/c1-2-15-19-17(11-23-20(15)21(25)26)24-16-5-3-4-13(18(16)19)10-12-6-8-14(22)9-7-12/h3-9,11,24H,2,10H2,1H3,(H,25,26). The van der Waals surface area contributed by atoms with Crippen molar-refractivity contribution in [1.82, 2.24) is 9.97 Å². The lowest BCUT2D eigenvalue weighted by molar-refractivity contribution is 0.0689. The van der Waals surface area contributed by atoms with Crippen LogP contribution in [0.1, 0.15) is 34.1 Å². The maximum absolute atomic E-state index is 11.6. The number of carboxylic acids is 1. The Balaban J connectivity index is 1.99. The molecule has 0 aliphatic rings. The van der Waals surface area contributed by atoms with Crippen molar-refractivity contribution >= 4 is 39.4 Å². The monoisotopic (exact) mass is 364 g/mol. The average molecular weight is 365 g/mol. The molecule has 2 N–H and O–H groups in total. The van der Waals surface area contributed by atoms with Crippen molar-refractivity contribution in [2.24, 2.45) is 0 Å². The number of nitrogens with zero attached hydrogens (tertiary/aromatic N) is 1. The Labute approximate surface area is 155 Å². The molecule has 5 heteroatoms. The fraction of sp³-hybridized carbons (Fsp3) is 0.143. The second-order valence-corrected chi connectivity index (χ2v) is 6.74.